The van der Waals surface area contributed by atoms with E-state index in [2.05, 4.69) is 15.0 Å². The van der Waals surface area contributed by atoms with Crippen molar-refractivity contribution in [2.75, 3.05) is 13.2 Å². The number of esters is 1. The van der Waals surface area contributed by atoms with Crippen molar-refractivity contribution in [2.45, 2.75) is 32.4 Å². The Morgan fingerprint density at radius 3 is 3.10 bits per heavy atom. The summed E-state index contributed by atoms with van der Waals surface area (Å²) in [6, 6.07) is 4.32. The van der Waals surface area contributed by atoms with Gasteiger partial charge in [0.25, 0.3) is 5.89 Å². The summed E-state index contributed by atoms with van der Waals surface area (Å²) < 4.78 is 10.3. The van der Waals surface area contributed by atoms with Gasteiger partial charge in [0.05, 0.1) is 24.6 Å². The number of rotatable bonds is 7. The van der Waals surface area contributed by atoms with Crippen molar-refractivity contribution in [2.24, 2.45) is 0 Å². The van der Waals surface area contributed by atoms with E-state index in [0.29, 0.717) is 30.9 Å². The molecule has 7 heteroatoms. The van der Waals surface area contributed by atoms with Gasteiger partial charge in [0.1, 0.15) is 0 Å². The summed E-state index contributed by atoms with van der Waals surface area (Å²) in [5, 5.41) is 5.97. The Labute approximate surface area is 126 Å². The third-order valence-corrected chi connectivity index (χ3v) is 4.10. The smallest absolute Gasteiger partial charge is 0.320 e. The van der Waals surface area contributed by atoms with Crippen LogP contribution in [0.1, 0.15) is 25.6 Å². The Kier molecular flexibility index (Phi) is 4.31. The first kappa shape index (κ1) is 14.2. The number of hydrogen-bond acceptors (Lipinski definition) is 7. The fraction of sp³-hybridized carbons (Fsp3) is 0.500. The van der Waals surface area contributed by atoms with Crippen molar-refractivity contribution in [3.8, 4) is 10.8 Å². The van der Waals surface area contributed by atoms with Crippen LogP contribution in [0.5, 0.6) is 0 Å². The quantitative estimate of drug-likeness (QED) is 0.731. The lowest BCUT2D eigenvalue weighted by Crippen LogP contribution is -2.32. The topological polar surface area (TPSA) is 68.5 Å². The van der Waals surface area contributed by atoms with Gasteiger partial charge in [0.2, 0.25) is 0 Å². The van der Waals surface area contributed by atoms with Gasteiger partial charge < -0.3 is 9.26 Å². The summed E-state index contributed by atoms with van der Waals surface area (Å²) in [6.45, 7) is 3.01. The van der Waals surface area contributed by atoms with Crippen molar-refractivity contribution < 1.29 is 14.1 Å². The fourth-order valence-corrected chi connectivity index (χ4v) is 2.77. The second kappa shape index (κ2) is 6.36. The Balaban J connectivity index is 1.64. The van der Waals surface area contributed by atoms with Crippen LogP contribution in [0.15, 0.2) is 22.0 Å². The van der Waals surface area contributed by atoms with Crippen LogP contribution in [-0.4, -0.2) is 40.2 Å². The molecule has 0 amide bonds. The molecule has 2 aromatic rings. The molecule has 6 nitrogen and oxygen atoms in total. The van der Waals surface area contributed by atoms with E-state index in [-0.39, 0.29) is 12.5 Å². The van der Waals surface area contributed by atoms with Crippen molar-refractivity contribution >= 4 is 17.3 Å². The monoisotopic (exact) mass is 307 g/mol. The van der Waals surface area contributed by atoms with Crippen LogP contribution in [0.3, 0.4) is 0 Å². The van der Waals surface area contributed by atoms with Crippen LogP contribution in [0.2, 0.25) is 0 Å². The van der Waals surface area contributed by atoms with Crippen LogP contribution in [0.25, 0.3) is 10.8 Å². The van der Waals surface area contributed by atoms with E-state index >= 15 is 0 Å². The summed E-state index contributed by atoms with van der Waals surface area (Å²) in [4.78, 5) is 19.0. The molecule has 0 radical (unpaired) electrons. The van der Waals surface area contributed by atoms with Crippen molar-refractivity contribution in [1.29, 1.82) is 0 Å². The normalized spacial score (nSPS) is 14.6. The molecule has 3 rings (SSSR count). The molecule has 0 unspecified atom stereocenters. The minimum atomic E-state index is -0.202. The zero-order chi connectivity index (χ0) is 14.7. The lowest BCUT2D eigenvalue weighted by atomic mass is 10.4. The Morgan fingerprint density at radius 2 is 2.43 bits per heavy atom. The maximum Gasteiger partial charge on any atom is 0.320 e. The molecule has 1 fully saturated rings. The molecule has 2 aromatic heterocycles. The number of hydrogen-bond donors (Lipinski definition) is 0. The third kappa shape index (κ3) is 3.68. The average Bonchev–Trinajstić information content (AvgIpc) is 2.98. The van der Waals surface area contributed by atoms with Crippen LogP contribution in [-0.2, 0) is 16.1 Å². The second-order valence-corrected chi connectivity index (χ2v) is 5.88. The molecule has 0 saturated heterocycles. The van der Waals surface area contributed by atoms with Crippen molar-refractivity contribution in [3.63, 3.8) is 0 Å². The molecule has 2 heterocycles. The highest BCUT2D eigenvalue weighted by Gasteiger charge is 2.31. The minimum absolute atomic E-state index is 0.202. The number of thiophene rings is 1. The lowest BCUT2D eigenvalue weighted by molar-refractivity contribution is -0.144. The average molecular weight is 307 g/mol. The van der Waals surface area contributed by atoms with Crippen LogP contribution in [0, 0.1) is 0 Å². The van der Waals surface area contributed by atoms with Gasteiger partial charge in [-0.15, -0.1) is 11.3 Å². The van der Waals surface area contributed by atoms with E-state index in [1.54, 1.807) is 11.3 Å². The minimum Gasteiger partial charge on any atom is -0.465 e. The Hall–Kier alpha value is -1.73. The fourth-order valence-electron chi connectivity index (χ4n) is 2.13. The van der Waals surface area contributed by atoms with Gasteiger partial charge in [-0.3, -0.25) is 9.69 Å². The molecule has 0 aromatic carbocycles. The molecule has 0 N–H and O–H groups in total. The van der Waals surface area contributed by atoms with E-state index in [1.165, 1.54) is 0 Å². The summed E-state index contributed by atoms with van der Waals surface area (Å²) in [5.41, 5.74) is 0. The lowest BCUT2D eigenvalue weighted by Gasteiger charge is -2.18. The number of aromatic nitrogens is 2. The molecule has 1 saturated carbocycles. The van der Waals surface area contributed by atoms with E-state index in [9.17, 15) is 4.79 Å². The second-order valence-electron chi connectivity index (χ2n) is 4.93. The Morgan fingerprint density at radius 1 is 1.57 bits per heavy atom. The summed E-state index contributed by atoms with van der Waals surface area (Å²) in [7, 11) is 0. The molecule has 112 valence electrons. The molecule has 0 spiro atoms. The van der Waals surface area contributed by atoms with Crippen LogP contribution < -0.4 is 0 Å². The molecule has 0 bridgehead atoms. The van der Waals surface area contributed by atoms with Crippen molar-refractivity contribution in [1.82, 2.24) is 15.0 Å². The van der Waals surface area contributed by atoms with Crippen molar-refractivity contribution in [3.05, 3.63) is 23.3 Å². The number of carbonyl (C=O) groups is 1. The van der Waals surface area contributed by atoms with Gasteiger partial charge in [0.15, 0.2) is 5.82 Å². The van der Waals surface area contributed by atoms with Gasteiger partial charge in [0, 0.05) is 6.04 Å². The predicted octanol–water partition coefficient (Wildman–Crippen LogP) is 2.33. The van der Waals surface area contributed by atoms with Gasteiger partial charge in [-0.1, -0.05) is 11.2 Å². The zero-order valence-electron chi connectivity index (χ0n) is 11.8. The van der Waals surface area contributed by atoms with Gasteiger partial charge in [-0.2, -0.15) is 4.98 Å². The Bertz CT molecular complexity index is 592. The highest BCUT2D eigenvalue weighted by Crippen LogP contribution is 2.28. The van der Waals surface area contributed by atoms with E-state index < -0.39 is 0 Å². The molecule has 1 aliphatic rings. The van der Waals surface area contributed by atoms with Gasteiger partial charge in [-0.05, 0) is 31.2 Å². The van der Waals surface area contributed by atoms with Crippen LogP contribution in [0.4, 0.5) is 0 Å². The first-order chi connectivity index (χ1) is 10.3. The summed E-state index contributed by atoms with van der Waals surface area (Å²) >= 11 is 1.56. The highest BCUT2D eigenvalue weighted by molar-refractivity contribution is 7.13. The van der Waals surface area contributed by atoms with Crippen LogP contribution >= 0.6 is 11.3 Å². The molecular formula is C14H17N3O3S. The van der Waals surface area contributed by atoms with E-state index in [0.717, 1.165) is 17.7 Å². The van der Waals surface area contributed by atoms with E-state index in [1.807, 2.05) is 24.4 Å². The SMILES string of the molecule is CCOC(=O)CN(Cc1noc(-c2cccs2)n1)C1CC1. The van der Waals surface area contributed by atoms with Gasteiger partial charge >= 0.3 is 5.97 Å². The molecule has 0 aliphatic heterocycles. The maximum atomic E-state index is 11.6. The zero-order valence-corrected chi connectivity index (χ0v) is 12.6. The highest BCUT2D eigenvalue weighted by atomic mass is 32.1. The largest absolute Gasteiger partial charge is 0.465 e. The molecular weight excluding hydrogens is 290 g/mol. The van der Waals surface area contributed by atoms with Gasteiger partial charge in [-0.25, -0.2) is 0 Å². The molecule has 21 heavy (non-hydrogen) atoms. The molecule has 1 aliphatic carbocycles. The third-order valence-electron chi connectivity index (χ3n) is 3.25. The standard InChI is InChI=1S/C14H17N3O3S/c1-2-19-13(18)9-17(10-5-6-10)8-12-15-14(20-16-12)11-4-3-7-21-11/h3-4,7,10H,2,5-6,8-9H2,1H3. The summed E-state index contributed by atoms with van der Waals surface area (Å²) in [6.07, 6.45) is 2.21. The predicted molar refractivity (Wildman–Crippen MR) is 77.7 cm³/mol. The molecule has 0 atom stereocenters. The number of ether oxygens (including phenoxy) is 1. The van der Waals surface area contributed by atoms with E-state index in [4.69, 9.17) is 9.26 Å². The first-order valence-corrected chi connectivity index (χ1v) is 7.90. The first-order valence-electron chi connectivity index (χ1n) is 7.02. The summed E-state index contributed by atoms with van der Waals surface area (Å²) in [5.74, 6) is 0.938. The number of carbonyl (C=O) groups excluding carboxylic acids is 1. The number of nitrogens with zero attached hydrogens (tertiary/aromatic N) is 3. The maximum absolute atomic E-state index is 11.6.